The molecule has 1 heterocycles. The van der Waals surface area contributed by atoms with Gasteiger partial charge in [0, 0.05) is 5.92 Å². The fraction of sp³-hybridized carbons (Fsp3) is 0.160. The van der Waals surface area contributed by atoms with Gasteiger partial charge in [-0.2, -0.15) is 0 Å². The fourth-order valence-electron chi connectivity index (χ4n) is 5.71. The van der Waals surface area contributed by atoms with E-state index < -0.39 is 22.1 Å². The molecule has 0 radical (unpaired) electrons. The number of carbonyl (C=O) groups excluding carboxylic acids is 2. The number of hydrogen-bond acceptors (Lipinski definition) is 3. The molecule has 0 unspecified atom stereocenters. The first-order valence-electron chi connectivity index (χ1n) is 10.0. The summed E-state index contributed by atoms with van der Waals surface area (Å²) in [7, 11) is 0. The highest BCUT2D eigenvalue weighted by molar-refractivity contribution is 9.09. The molecular weight excluding hydrogens is 458 g/mol. The Morgan fingerprint density at radius 1 is 0.871 bits per heavy atom. The molecule has 152 valence electrons. The number of amides is 2. The van der Waals surface area contributed by atoms with E-state index >= 15 is 0 Å². The Bertz CT molecular complexity index is 1270. The van der Waals surface area contributed by atoms with Crippen LogP contribution in [-0.4, -0.2) is 22.9 Å². The van der Waals surface area contributed by atoms with Gasteiger partial charge in [0.15, 0.2) is 0 Å². The average molecular weight is 474 g/mol. The van der Waals surface area contributed by atoms with Crippen LogP contribution in [0.5, 0.6) is 0 Å². The summed E-state index contributed by atoms with van der Waals surface area (Å²) in [6, 6.07) is 22.0. The number of nitrogens with zero attached hydrogens (tertiary/aromatic N) is 1. The van der Waals surface area contributed by atoms with Gasteiger partial charge in [-0.25, -0.2) is 9.69 Å². The molecule has 0 saturated carbocycles. The van der Waals surface area contributed by atoms with Crippen LogP contribution < -0.4 is 4.90 Å². The molecule has 2 atom stereocenters. The van der Waals surface area contributed by atoms with E-state index in [2.05, 4.69) is 15.9 Å². The Morgan fingerprint density at radius 2 is 1.48 bits per heavy atom. The zero-order valence-corrected chi connectivity index (χ0v) is 17.7. The summed E-state index contributed by atoms with van der Waals surface area (Å²) in [5.74, 6) is -3.07. The van der Waals surface area contributed by atoms with E-state index in [-0.39, 0.29) is 23.3 Å². The normalized spacial score (nSPS) is 27.6. The number of halogens is 1. The number of anilines is 1. The molecule has 1 aliphatic heterocycles. The van der Waals surface area contributed by atoms with Crippen molar-refractivity contribution in [3.63, 3.8) is 0 Å². The molecule has 31 heavy (non-hydrogen) atoms. The number of benzene rings is 3. The van der Waals surface area contributed by atoms with Crippen LogP contribution in [0.15, 0.2) is 72.8 Å². The van der Waals surface area contributed by atoms with E-state index in [9.17, 15) is 19.5 Å². The first-order valence-corrected chi connectivity index (χ1v) is 10.8. The van der Waals surface area contributed by atoms with Crippen molar-refractivity contribution in [2.45, 2.75) is 10.2 Å². The standard InChI is InChI=1S/C25H16BrNO4/c26-25-17-10-3-1-8-15(17)19(16-9-2-4-11-18(16)25)20-21(25)23(29)27(22(20)28)14-7-5-6-13(12-14)24(30)31/h1-12,19-21H,(H,30,31)/t19?,20-,21+,25?/m0/s1. The maximum Gasteiger partial charge on any atom is 0.335 e. The van der Waals surface area contributed by atoms with Gasteiger partial charge in [-0.1, -0.05) is 70.5 Å². The molecule has 2 bridgehead atoms. The summed E-state index contributed by atoms with van der Waals surface area (Å²) in [6.45, 7) is 0. The van der Waals surface area contributed by atoms with E-state index in [1.165, 1.54) is 17.0 Å². The molecule has 0 spiro atoms. The average Bonchev–Trinajstić information content (AvgIpc) is 3.06. The quantitative estimate of drug-likeness (QED) is 0.445. The van der Waals surface area contributed by atoms with E-state index in [4.69, 9.17) is 0 Å². The predicted molar refractivity (Wildman–Crippen MR) is 117 cm³/mol. The number of imide groups is 1. The molecule has 3 aliphatic carbocycles. The van der Waals surface area contributed by atoms with Crippen molar-refractivity contribution in [1.29, 1.82) is 0 Å². The van der Waals surface area contributed by atoms with Crippen molar-refractivity contribution in [1.82, 2.24) is 0 Å². The Morgan fingerprint density at radius 3 is 2.10 bits per heavy atom. The summed E-state index contributed by atoms with van der Waals surface area (Å²) in [5, 5.41) is 9.37. The number of carboxylic acids is 1. The minimum atomic E-state index is -1.10. The molecule has 3 aromatic carbocycles. The van der Waals surface area contributed by atoms with Crippen LogP contribution in [-0.2, 0) is 13.9 Å². The zero-order chi connectivity index (χ0) is 21.5. The minimum absolute atomic E-state index is 0.0380. The lowest BCUT2D eigenvalue weighted by Crippen LogP contribution is -2.50. The number of rotatable bonds is 2. The largest absolute Gasteiger partial charge is 0.478 e. The Kier molecular flexibility index (Phi) is 3.67. The molecule has 4 aliphatic rings. The Labute approximate surface area is 186 Å². The second-order valence-corrected chi connectivity index (χ2v) is 9.49. The third kappa shape index (κ3) is 2.18. The van der Waals surface area contributed by atoms with Gasteiger partial charge in [-0.15, -0.1) is 0 Å². The summed E-state index contributed by atoms with van der Waals surface area (Å²) in [5.41, 5.74) is 4.48. The maximum atomic E-state index is 13.8. The second-order valence-electron chi connectivity index (χ2n) is 8.23. The molecule has 3 aromatic rings. The van der Waals surface area contributed by atoms with Crippen LogP contribution in [0.1, 0.15) is 38.5 Å². The van der Waals surface area contributed by atoms with E-state index in [0.29, 0.717) is 5.69 Å². The van der Waals surface area contributed by atoms with Crippen LogP contribution >= 0.6 is 15.9 Å². The van der Waals surface area contributed by atoms with Crippen molar-refractivity contribution in [3.8, 4) is 0 Å². The first-order chi connectivity index (χ1) is 14.9. The van der Waals surface area contributed by atoms with Gasteiger partial charge in [0.1, 0.15) is 0 Å². The summed E-state index contributed by atoms with van der Waals surface area (Å²) in [6.07, 6.45) is 0. The van der Waals surface area contributed by atoms with Gasteiger partial charge >= 0.3 is 5.97 Å². The van der Waals surface area contributed by atoms with Gasteiger partial charge in [-0.3, -0.25) is 9.59 Å². The van der Waals surface area contributed by atoms with E-state index in [0.717, 1.165) is 22.3 Å². The van der Waals surface area contributed by atoms with Crippen LogP contribution in [0.4, 0.5) is 5.69 Å². The molecular formula is C25H16BrNO4. The number of carboxylic acid groups (broad SMARTS) is 1. The minimum Gasteiger partial charge on any atom is -0.478 e. The highest BCUT2D eigenvalue weighted by atomic mass is 79.9. The molecule has 0 aromatic heterocycles. The summed E-state index contributed by atoms with van der Waals surface area (Å²) < 4.78 is -0.814. The molecule has 5 nitrogen and oxygen atoms in total. The van der Waals surface area contributed by atoms with Crippen molar-refractivity contribution < 1.29 is 19.5 Å². The Hall–Kier alpha value is -3.25. The number of hydrogen-bond donors (Lipinski definition) is 1. The maximum absolute atomic E-state index is 13.8. The van der Waals surface area contributed by atoms with Crippen molar-refractivity contribution in [2.24, 2.45) is 11.8 Å². The molecule has 1 saturated heterocycles. The molecule has 1 fully saturated rings. The lowest BCUT2D eigenvalue weighted by Gasteiger charge is -2.51. The Balaban J connectivity index is 1.58. The SMILES string of the molecule is O=C(O)c1cccc(N2C(=O)[C@H]3C4c5ccccc5C(Br)(c5ccccc54)[C@H]3C2=O)c1. The lowest BCUT2D eigenvalue weighted by molar-refractivity contribution is -0.122. The van der Waals surface area contributed by atoms with Gasteiger partial charge in [-0.05, 0) is 40.5 Å². The number of aromatic carboxylic acids is 1. The highest BCUT2D eigenvalue weighted by Gasteiger charge is 2.67. The third-order valence-corrected chi connectivity index (χ3v) is 8.21. The smallest absolute Gasteiger partial charge is 0.335 e. The highest BCUT2D eigenvalue weighted by Crippen LogP contribution is 2.66. The van der Waals surface area contributed by atoms with Crippen LogP contribution in [0.3, 0.4) is 0 Å². The monoisotopic (exact) mass is 473 g/mol. The van der Waals surface area contributed by atoms with Gasteiger partial charge in [0.05, 0.1) is 27.4 Å². The predicted octanol–water partition coefficient (Wildman–Crippen LogP) is 4.29. The van der Waals surface area contributed by atoms with E-state index in [1.54, 1.807) is 12.1 Å². The van der Waals surface area contributed by atoms with Gasteiger partial charge < -0.3 is 5.11 Å². The fourth-order valence-corrected chi connectivity index (χ4v) is 6.91. The van der Waals surface area contributed by atoms with E-state index in [1.807, 2.05) is 48.5 Å². The van der Waals surface area contributed by atoms with Crippen molar-refractivity contribution in [2.75, 3.05) is 4.90 Å². The third-order valence-electron chi connectivity index (χ3n) is 6.87. The van der Waals surface area contributed by atoms with Crippen LogP contribution in [0.2, 0.25) is 0 Å². The van der Waals surface area contributed by atoms with Gasteiger partial charge in [0.2, 0.25) is 11.8 Å². The summed E-state index contributed by atoms with van der Waals surface area (Å²) in [4.78, 5) is 40.1. The molecule has 6 heteroatoms. The molecule has 2 amide bonds. The van der Waals surface area contributed by atoms with Crippen molar-refractivity contribution in [3.05, 3.63) is 101 Å². The van der Waals surface area contributed by atoms with Crippen LogP contribution in [0, 0.1) is 11.8 Å². The van der Waals surface area contributed by atoms with Crippen molar-refractivity contribution >= 4 is 39.4 Å². The first kappa shape index (κ1) is 18.5. The van der Waals surface area contributed by atoms with Gasteiger partial charge in [0.25, 0.3) is 0 Å². The lowest BCUT2D eigenvalue weighted by atomic mass is 9.55. The summed E-state index contributed by atoms with van der Waals surface area (Å²) >= 11 is 3.95. The zero-order valence-electron chi connectivity index (χ0n) is 16.2. The molecule has 7 rings (SSSR count). The second kappa shape index (κ2) is 6.14. The number of carbonyl (C=O) groups is 3. The molecule has 1 N–H and O–H groups in total. The topological polar surface area (TPSA) is 74.7 Å². The number of alkyl halides is 1. The van der Waals surface area contributed by atoms with Crippen LogP contribution in [0.25, 0.3) is 0 Å².